The summed E-state index contributed by atoms with van der Waals surface area (Å²) in [6.45, 7) is 8.23. The predicted molar refractivity (Wildman–Crippen MR) is 124 cm³/mol. The molecule has 1 saturated heterocycles. The van der Waals surface area contributed by atoms with Gasteiger partial charge in [-0.25, -0.2) is 4.79 Å². The first-order valence-electron chi connectivity index (χ1n) is 11.5. The summed E-state index contributed by atoms with van der Waals surface area (Å²) in [7, 11) is 1.83. The number of nitrogens with two attached hydrogens (primary N) is 1. The lowest BCUT2D eigenvalue weighted by molar-refractivity contribution is -0.0448. The van der Waals surface area contributed by atoms with Crippen molar-refractivity contribution in [2.75, 3.05) is 39.8 Å². The van der Waals surface area contributed by atoms with E-state index in [4.69, 9.17) is 5.73 Å². The molecule has 3 rings (SSSR count). The maximum atomic E-state index is 12.4. The molecule has 2 amide bonds. The molecule has 3 unspecified atom stereocenters. The first kappa shape index (κ1) is 23.7. The van der Waals surface area contributed by atoms with Crippen molar-refractivity contribution in [3.63, 3.8) is 0 Å². The van der Waals surface area contributed by atoms with Gasteiger partial charge >= 0.3 is 6.03 Å². The first-order chi connectivity index (χ1) is 15.0. The molecule has 0 radical (unpaired) electrons. The maximum absolute atomic E-state index is 12.4. The number of urea groups is 1. The Morgan fingerprint density at radius 1 is 1.39 bits per heavy atom. The highest BCUT2D eigenvalue weighted by Gasteiger charge is 2.54. The Morgan fingerprint density at radius 2 is 2.10 bits per heavy atom. The highest BCUT2D eigenvalue weighted by Crippen LogP contribution is 2.59. The third-order valence-electron chi connectivity index (χ3n) is 7.06. The molecule has 1 aromatic carbocycles. The molecule has 3 atom stereocenters. The zero-order valence-corrected chi connectivity index (χ0v) is 18.8. The second-order valence-electron chi connectivity index (χ2n) is 9.18. The van der Waals surface area contributed by atoms with Crippen molar-refractivity contribution in [1.82, 2.24) is 20.4 Å². The van der Waals surface area contributed by atoms with Gasteiger partial charge in [-0.1, -0.05) is 36.4 Å². The Labute approximate surface area is 186 Å². The zero-order valence-electron chi connectivity index (χ0n) is 18.8. The van der Waals surface area contributed by atoms with Crippen molar-refractivity contribution in [1.29, 1.82) is 0 Å². The molecule has 1 spiro atoms. The molecule has 5 N–H and O–H groups in total. The number of piperidine rings is 1. The Balaban J connectivity index is 1.35. The Kier molecular flexibility index (Phi) is 8.49. The molecule has 1 aromatic rings. The summed E-state index contributed by atoms with van der Waals surface area (Å²) < 4.78 is 0. The standard InChI is InChI=1S/C24H39N5O2/c1-3-19(9-12-25)18-28(2)22(30)27-17-21-15-24(21)10-13-29(14-11-24)23(31)26-16-20-7-5-4-6-8-20/h3-8,19,21,23,26,31H,1,9-18,25H2,2H3,(H,27,30). The van der Waals surface area contributed by atoms with Crippen molar-refractivity contribution in [2.24, 2.45) is 23.0 Å². The number of carbonyl (C=O) groups excluding carboxylic acids is 1. The van der Waals surface area contributed by atoms with Crippen LogP contribution in [0.4, 0.5) is 4.79 Å². The van der Waals surface area contributed by atoms with E-state index in [1.807, 2.05) is 31.3 Å². The molecule has 2 aliphatic rings. The van der Waals surface area contributed by atoms with Gasteiger partial charge in [-0.15, -0.1) is 6.58 Å². The minimum atomic E-state index is -0.616. The average molecular weight is 430 g/mol. The van der Waals surface area contributed by atoms with Crippen molar-refractivity contribution in [2.45, 2.75) is 38.6 Å². The van der Waals surface area contributed by atoms with Crippen molar-refractivity contribution in [3.05, 3.63) is 48.6 Å². The van der Waals surface area contributed by atoms with Crippen LogP contribution in [0.2, 0.25) is 0 Å². The summed E-state index contributed by atoms with van der Waals surface area (Å²) in [5, 5.41) is 16.8. The third-order valence-corrected chi connectivity index (χ3v) is 7.06. The van der Waals surface area contributed by atoms with Gasteiger partial charge in [-0.2, -0.15) is 0 Å². The summed E-state index contributed by atoms with van der Waals surface area (Å²) in [4.78, 5) is 16.3. The van der Waals surface area contributed by atoms with Crippen LogP contribution in [-0.2, 0) is 6.54 Å². The van der Waals surface area contributed by atoms with Gasteiger partial charge in [0.15, 0.2) is 6.35 Å². The van der Waals surface area contributed by atoms with Crippen LogP contribution < -0.4 is 16.4 Å². The molecule has 1 heterocycles. The van der Waals surface area contributed by atoms with Gasteiger partial charge in [-0.3, -0.25) is 10.2 Å². The summed E-state index contributed by atoms with van der Waals surface area (Å²) >= 11 is 0. The molecule has 0 aromatic heterocycles. The van der Waals surface area contributed by atoms with E-state index in [1.165, 1.54) is 12.0 Å². The fourth-order valence-corrected chi connectivity index (χ4v) is 4.76. The van der Waals surface area contributed by atoms with Gasteiger partial charge in [0.05, 0.1) is 0 Å². The summed E-state index contributed by atoms with van der Waals surface area (Å²) in [6.07, 6.45) is 5.42. The number of nitrogens with one attached hydrogen (secondary N) is 2. The smallest absolute Gasteiger partial charge is 0.317 e. The normalized spacial score (nSPS) is 22.0. The van der Waals surface area contributed by atoms with Gasteiger partial charge in [0, 0.05) is 39.8 Å². The second-order valence-corrected chi connectivity index (χ2v) is 9.18. The van der Waals surface area contributed by atoms with Gasteiger partial charge in [0.1, 0.15) is 0 Å². The van der Waals surface area contributed by atoms with Crippen LogP contribution >= 0.6 is 0 Å². The molecule has 1 saturated carbocycles. The van der Waals surface area contributed by atoms with Crippen LogP contribution in [-0.4, -0.2) is 67.1 Å². The molecule has 1 aliphatic carbocycles. The number of benzene rings is 1. The summed E-state index contributed by atoms with van der Waals surface area (Å²) in [5.41, 5.74) is 7.13. The van der Waals surface area contributed by atoms with Gasteiger partial charge in [-0.05, 0) is 55.0 Å². The molecule has 31 heavy (non-hydrogen) atoms. The Morgan fingerprint density at radius 3 is 2.74 bits per heavy atom. The zero-order chi connectivity index (χ0) is 22.3. The Hall–Kier alpha value is -1.93. The van der Waals surface area contributed by atoms with E-state index in [1.54, 1.807) is 4.90 Å². The predicted octanol–water partition coefficient (Wildman–Crippen LogP) is 1.95. The minimum Gasteiger partial charge on any atom is -0.365 e. The number of aliphatic hydroxyl groups is 1. The summed E-state index contributed by atoms with van der Waals surface area (Å²) in [5.74, 6) is 0.778. The van der Waals surface area contributed by atoms with E-state index < -0.39 is 6.35 Å². The fraction of sp³-hybridized carbons (Fsp3) is 0.625. The van der Waals surface area contributed by atoms with Gasteiger partial charge < -0.3 is 21.1 Å². The van der Waals surface area contributed by atoms with E-state index in [0.717, 1.165) is 38.9 Å². The van der Waals surface area contributed by atoms with E-state index in [0.29, 0.717) is 31.0 Å². The second kappa shape index (κ2) is 11.1. The molecule has 0 bridgehead atoms. The number of carbonyl (C=O) groups is 1. The summed E-state index contributed by atoms with van der Waals surface area (Å²) in [6, 6.07) is 10.1. The largest absolute Gasteiger partial charge is 0.365 e. The molecule has 7 nitrogen and oxygen atoms in total. The average Bonchev–Trinajstić information content (AvgIpc) is 3.47. The van der Waals surface area contributed by atoms with Crippen LogP contribution in [0.25, 0.3) is 0 Å². The number of rotatable bonds is 11. The van der Waals surface area contributed by atoms with E-state index in [9.17, 15) is 9.90 Å². The number of amides is 2. The van der Waals surface area contributed by atoms with Crippen molar-refractivity contribution >= 4 is 6.03 Å². The fourth-order valence-electron chi connectivity index (χ4n) is 4.76. The van der Waals surface area contributed by atoms with Crippen LogP contribution in [0.5, 0.6) is 0 Å². The lowest BCUT2D eigenvalue weighted by Gasteiger charge is -2.36. The quantitative estimate of drug-likeness (QED) is 0.319. The number of hydrogen-bond donors (Lipinski definition) is 4. The third kappa shape index (κ3) is 6.53. The monoisotopic (exact) mass is 429 g/mol. The number of hydrogen-bond acceptors (Lipinski definition) is 5. The topological polar surface area (TPSA) is 93.9 Å². The van der Waals surface area contributed by atoms with Gasteiger partial charge in [0.2, 0.25) is 0 Å². The molecular formula is C24H39N5O2. The van der Waals surface area contributed by atoms with Crippen LogP contribution in [0.1, 0.15) is 31.2 Å². The van der Waals surface area contributed by atoms with Crippen LogP contribution in [0.3, 0.4) is 0 Å². The highest BCUT2D eigenvalue weighted by molar-refractivity contribution is 5.73. The van der Waals surface area contributed by atoms with Gasteiger partial charge in [0.25, 0.3) is 0 Å². The van der Waals surface area contributed by atoms with Crippen molar-refractivity contribution in [3.8, 4) is 0 Å². The van der Waals surface area contributed by atoms with Crippen LogP contribution in [0.15, 0.2) is 43.0 Å². The molecule has 172 valence electrons. The lowest BCUT2D eigenvalue weighted by atomic mass is 9.91. The van der Waals surface area contributed by atoms with E-state index in [-0.39, 0.29) is 11.9 Å². The minimum absolute atomic E-state index is 0.0242. The highest BCUT2D eigenvalue weighted by atomic mass is 16.3. The van der Waals surface area contributed by atoms with Crippen LogP contribution in [0, 0.1) is 17.3 Å². The first-order valence-corrected chi connectivity index (χ1v) is 11.5. The van der Waals surface area contributed by atoms with E-state index >= 15 is 0 Å². The molecule has 2 fully saturated rings. The molecule has 1 aliphatic heterocycles. The SMILES string of the molecule is C=CC(CCN)CN(C)C(=O)NCC1CC12CCN(C(O)NCc1ccccc1)CC2. The number of nitrogens with zero attached hydrogens (tertiary/aromatic N) is 2. The Bertz CT molecular complexity index is 705. The van der Waals surface area contributed by atoms with E-state index in [2.05, 4.69) is 34.2 Å². The maximum Gasteiger partial charge on any atom is 0.317 e. The molecular weight excluding hydrogens is 390 g/mol. The number of likely N-dealkylation sites (tertiary alicyclic amines) is 1. The van der Waals surface area contributed by atoms with Crippen molar-refractivity contribution < 1.29 is 9.90 Å². The number of aliphatic hydroxyl groups excluding tert-OH is 1. The molecule has 7 heteroatoms. The lowest BCUT2D eigenvalue weighted by Crippen LogP contribution is -2.49.